The fourth-order valence-corrected chi connectivity index (χ4v) is 2.43. The van der Waals surface area contributed by atoms with E-state index in [9.17, 15) is 14.4 Å². The number of halogens is 1. The minimum Gasteiger partial charge on any atom is -0.480 e. The lowest BCUT2D eigenvalue weighted by Gasteiger charge is -2.20. The van der Waals surface area contributed by atoms with Crippen molar-refractivity contribution in [2.45, 2.75) is 18.5 Å². The molecule has 2 atom stereocenters. The number of amides is 2. The number of carboxylic acid groups (broad SMARTS) is 1. The summed E-state index contributed by atoms with van der Waals surface area (Å²) in [6.07, 6.45) is 0.180. The van der Waals surface area contributed by atoms with Gasteiger partial charge in [0.1, 0.15) is 6.04 Å². The van der Waals surface area contributed by atoms with Gasteiger partial charge < -0.3 is 21.1 Å². The molecule has 0 unspecified atom stereocenters. The Bertz CT molecular complexity index is 552. The molecule has 0 bridgehead atoms. The monoisotopic (exact) mass is 327 g/mol. The highest BCUT2D eigenvalue weighted by Gasteiger charge is 2.39. The molecule has 2 amide bonds. The molecule has 1 fully saturated rings. The number of benzene rings is 1. The second kappa shape index (κ2) is 7.77. The van der Waals surface area contributed by atoms with E-state index >= 15 is 0 Å². The van der Waals surface area contributed by atoms with Crippen molar-refractivity contribution in [2.24, 2.45) is 5.73 Å². The molecule has 0 aliphatic carbocycles. The maximum absolute atomic E-state index is 12.0. The molecule has 0 radical (unpaired) electrons. The highest BCUT2D eigenvalue weighted by atomic mass is 35.5. The maximum atomic E-state index is 12.0. The zero-order valence-corrected chi connectivity index (χ0v) is 12.6. The normalized spacial score (nSPS) is 20.1. The van der Waals surface area contributed by atoms with Crippen LogP contribution in [0.15, 0.2) is 30.3 Å². The molecule has 1 aliphatic heterocycles. The zero-order chi connectivity index (χ0) is 15.4. The Balaban J connectivity index is 0.00000242. The summed E-state index contributed by atoms with van der Waals surface area (Å²) < 4.78 is 0. The van der Waals surface area contributed by atoms with E-state index in [1.165, 1.54) is 4.90 Å². The minimum absolute atomic E-state index is 0. The summed E-state index contributed by atoms with van der Waals surface area (Å²) in [5, 5.41) is 11.9. The van der Waals surface area contributed by atoms with Gasteiger partial charge in [-0.1, -0.05) is 18.2 Å². The third-order valence-corrected chi connectivity index (χ3v) is 3.45. The molecule has 22 heavy (non-hydrogen) atoms. The van der Waals surface area contributed by atoms with E-state index in [-0.39, 0.29) is 37.8 Å². The van der Waals surface area contributed by atoms with E-state index in [1.807, 2.05) is 0 Å². The first kappa shape index (κ1) is 17.9. The van der Waals surface area contributed by atoms with E-state index < -0.39 is 24.0 Å². The molecule has 120 valence electrons. The summed E-state index contributed by atoms with van der Waals surface area (Å²) in [7, 11) is 0. The van der Waals surface area contributed by atoms with E-state index in [0.29, 0.717) is 5.56 Å². The van der Waals surface area contributed by atoms with Gasteiger partial charge in [0.25, 0.3) is 5.91 Å². The molecular weight excluding hydrogens is 310 g/mol. The van der Waals surface area contributed by atoms with Crippen molar-refractivity contribution in [2.75, 3.05) is 13.1 Å². The van der Waals surface area contributed by atoms with Gasteiger partial charge in [0.15, 0.2) is 0 Å². The van der Waals surface area contributed by atoms with Crippen LogP contribution in [-0.2, 0) is 9.59 Å². The molecule has 1 aliphatic rings. The van der Waals surface area contributed by atoms with Crippen molar-refractivity contribution in [3.05, 3.63) is 35.9 Å². The number of hydrogen-bond donors (Lipinski definition) is 3. The topological polar surface area (TPSA) is 113 Å². The highest BCUT2D eigenvalue weighted by molar-refractivity contribution is 5.94. The van der Waals surface area contributed by atoms with Crippen LogP contribution in [0.1, 0.15) is 16.8 Å². The fraction of sp³-hybridized carbons (Fsp3) is 0.357. The van der Waals surface area contributed by atoms with Crippen molar-refractivity contribution in [3.8, 4) is 0 Å². The van der Waals surface area contributed by atoms with Gasteiger partial charge in [-0.15, -0.1) is 12.4 Å². The molecule has 2 rings (SSSR count). The van der Waals surface area contributed by atoms with Crippen molar-refractivity contribution in [1.29, 1.82) is 0 Å². The lowest BCUT2D eigenvalue weighted by molar-refractivity contribution is -0.147. The Morgan fingerprint density at radius 1 is 1.27 bits per heavy atom. The summed E-state index contributed by atoms with van der Waals surface area (Å²) in [6.45, 7) is -0.0886. The Labute approximate surface area is 133 Å². The van der Waals surface area contributed by atoms with Gasteiger partial charge in [-0.3, -0.25) is 9.59 Å². The maximum Gasteiger partial charge on any atom is 0.326 e. The van der Waals surface area contributed by atoms with Crippen molar-refractivity contribution in [3.63, 3.8) is 0 Å². The lowest BCUT2D eigenvalue weighted by Crippen LogP contribution is -2.44. The summed E-state index contributed by atoms with van der Waals surface area (Å²) in [6, 6.07) is 7.29. The summed E-state index contributed by atoms with van der Waals surface area (Å²) in [5.41, 5.74) is 5.77. The Morgan fingerprint density at radius 2 is 1.91 bits per heavy atom. The predicted molar refractivity (Wildman–Crippen MR) is 81.8 cm³/mol. The number of carbonyl (C=O) groups is 3. The molecule has 4 N–H and O–H groups in total. The smallest absolute Gasteiger partial charge is 0.326 e. The van der Waals surface area contributed by atoms with Crippen molar-refractivity contribution >= 4 is 30.2 Å². The Hall–Kier alpha value is -2.12. The van der Waals surface area contributed by atoms with Crippen molar-refractivity contribution in [1.82, 2.24) is 10.2 Å². The van der Waals surface area contributed by atoms with Crippen LogP contribution in [0.4, 0.5) is 0 Å². The van der Waals surface area contributed by atoms with Gasteiger partial charge in [-0.25, -0.2) is 4.79 Å². The van der Waals surface area contributed by atoms with Gasteiger partial charge in [0, 0.05) is 24.6 Å². The number of aliphatic carboxylic acids is 1. The second-order valence-corrected chi connectivity index (χ2v) is 4.88. The van der Waals surface area contributed by atoms with E-state index in [1.54, 1.807) is 30.3 Å². The predicted octanol–water partition coefficient (Wildman–Crippen LogP) is -0.149. The molecule has 1 aromatic carbocycles. The van der Waals surface area contributed by atoms with Crippen LogP contribution in [0.3, 0.4) is 0 Å². The van der Waals surface area contributed by atoms with Crippen LogP contribution < -0.4 is 11.1 Å². The highest BCUT2D eigenvalue weighted by Crippen LogP contribution is 2.18. The van der Waals surface area contributed by atoms with Crippen LogP contribution >= 0.6 is 12.4 Å². The number of nitrogens with zero attached hydrogens (tertiary/aromatic N) is 1. The Morgan fingerprint density at radius 3 is 2.45 bits per heavy atom. The molecule has 1 saturated heterocycles. The number of rotatable bonds is 4. The average molecular weight is 328 g/mol. The third kappa shape index (κ3) is 3.96. The summed E-state index contributed by atoms with van der Waals surface area (Å²) in [5.74, 6) is -1.81. The second-order valence-electron chi connectivity index (χ2n) is 4.88. The molecule has 0 spiro atoms. The number of nitrogens with one attached hydrogen (secondary N) is 1. The molecule has 0 aromatic heterocycles. The number of hydrogen-bond acceptors (Lipinski definition) is 4. The lowest BCUT2D eigenvalue weighted by atomic mass is 10.1. The molecular formula is C14H18ClN3O4. The molecule has 7 nitrogen and oxygen atoms in total. The first-order valence-corrected chi connectivity index (χ1v) is 6.61. The van der Waals surface area contributed by atoms with Crippen LogP contribution in [0.2, 0.25) is 0 Å². The molecule has 0 saturated carbocycles. The van der Waals surface area contributed by atoms with Gasteiger partial charge in [0.05, 0.1) is 6.54 Å². The first-order valence-electron chi connectivity index (χ1n) is 6.61. The van der Waals surface area contributed by atoms with Crippen LogP contribution in [-0.4, -0.2) is 53.0 Å². The van der Waals surface area contributed by atoms with E-state index in [4.69, 9.17) is 10.8 Å². The summed E-state index contributed by atoms with van der Waals surface area (Å²) >= 11 is 0. The Kier molecular flexibility index (Phi) is 6.33. The van der Waals surface area contributed by atoms with Crippen molar-refractivity contribution < 1.29 is 19.5 Å². The third-order valence-electron chi connectivity index (χ3n) is 3.45. The minimum atomic E-state index is -1.09. The van der Waals surface area contributed by atoms with Gasteiger partial charge in [-0.2, -0.15) is 0 Å². The average Bonchev–Trinajstić information content (AvgIpc) is 2.91. The summed E-state index contributed by atoms with van der Waals surface area (Å²) in [4.78, 5) is 36.1. The molecule has 8 heteroatoms. The van der Waals surface area contributed by atoms with Gasteiger partial charge in [0.2, 0.25) is 5.91 Å². The fourth-order valence-electron chi connectivity index (χ4n) is 2.43. The number of carbonyl (C=O) groups excluding carboxylic acids is 2. The molecule has 1 heterocycles. The van der Waals surface area contributed by atoms with E-state index in [0.717, 1.165) is 0 Å². The SMILES string of the molecule is Cl.NCC(=O)N1C[C@@H](NC(=O)c2ccccc2)C[C@H]1C(=O)O. The number of carboxylic acids is 1. The molecule has 1 aromatic rings. The van der Waals surface area contributed by atoms with Crippen LogP contribution in [0.5, 0.6) is 0 Å². The largest absolute Gasteiger partial charge is 0.480 e. The first-order chi connectivity index (χ1) is 10.0. The van der Waals surface area contributed by atoms with Crippen LogP contribution in [0.25, 0.3) is 0 Å². The quantitative estimate of drug-likeness (QED) is 0.712. The standard InChI is InChI=1S/C14H17N3O4.ClH/c15-7-12(18)17-8-10(6-11(17)14(20)21)16-13(19)9-4-2-1-3-5-9;/h1-5,10-11H,6-8,15H2,(H,16,19)(H,20,21);1H/t10-,11-;/m0./s1. The van der Waals surface area contributed by atoms with Gasteiger partial charge in [-0.05, 0) is 12.1 Å². The van der Waals surface area contributed by atoms with Gasteiger partial charge >= 0.3 is 5.97 Å². The number of nitrogens with two attached hydrogens (primary N) is 1. The number of likely N-dealkylation sites (tertiary alicyclic amines) is 1. The van der Waals surface area contributed by atoms with E-state index in [2.05, 4.69) is 5.32 Å². The van der Waals surface area contributed by atoms with Crippen LogP contribution in [0, 0.1) is 0 Å². The zero-order valence-electron chi connectivity index (χ0n) is 11.8.